The van der Waals surface area contributed by atoms with Crippen LogP contribution in [0.3, 0.4) is 0 Å². The molecule has 5 atom stereocenters. The maximum Gasteiger partial charge on any atom is 0.417 e. The number of hydrogen-bond acceptors (Lipinski definition) is 5. The molecule has 2 bridgehead atoms. The molecule has 4 heterocycles. The number of fused-ring (bicyclic) bond motifs is 2. The van der Waals surface area contributed by atoms with Crippen molar-refractivity contribution in [2.75, 3.05) is 25.6 Å². The van der Waals surface area contributed by atoms with E-state index in [-0.39, 0.29) is 24.1 Å². The molecule has 174 valence electrons. The van der Waals surface area contributed by atoms with E-state index in [0.717, 1.165) is 17.7 Å². The number of carbonyl (C=O) groups excluding carboxylic acids is 2. The predicted octanol–water partition coefficient (Wildman–Crippen LogP) is 2.85. The van der Waals surface area contributed by atoms with Gasteiger partial charge in [0.2, 0.25) is 11.8 Å². The zero-order chi connectivity index (χ0) is 23.9. The molecule has 0 aromatic heterocycles. The summed E-state index contributed by atoms with van der Waals surface area (Å²) in [6.45, 7) is 2.04. The van der Waals surface area contributed by atoms with E-state index >= 15 is 0 Å². The molecule has 0 unspecified atom stereocenters. The van der Waals surface area contributed by atoms with Gasteiger partial charge >= 0.3 is 6.18 Å². The minimum absolute atomic E-state index is 0.0284. The van der Waals surface area contributed by atoms with Gasteiger partial charge < -0.3 is 14.4 Å². The van der Waals surface area contributed by atoms with Gasteiger partial charge in [0.15, 0.2) is 0 Å². The van der Waals surface area contributed by atoms with E-state index in [9.17, 15) is 22.8 Å². The van der Waals surface area contributed by atoms with Gasteiger partial charge in [0, 0.05) is 38.7 Å². The number of anilines is 1. The molecule has 0 radical (unpaired) electrons. The maximum absolute atomic E-state index is 13.6. The lowest BCUT2D eigenvalue weighted by Gasteiger charge is -2.43. The Kier molecular flexibility index (Phi) is 4.52. The monoisotopic (exact) mass is 461 g/mol. The Labute approximate surface area is 188 Å². The van der Waals surface area contributed by atoms with Crippen LogP contribution in [0.2, 0.25) is 0 Å². The smallest absolute Gasteiger partial charge is 0.363 e. The van der Waals surface area contributed by atoms with Gasteiger partial charge in [0.1, 0.15) is 11.8 Å². The van der Waals surface area contributed by atoms with E-state index in [1.54, 1.807) is 26.2 Å². The quantitative estimate of drug-likeness (QED) is 0.633. The molecule has 4 aliphatic heterocycles. The van der Waals surface area contributed by atoms with Crippen LogP contribution in [0.4, 0.5) is 18.9 Å². The number of amides is 2. The topological polar surface area (TPSA) is 82.9 Å². The van der Waals surface area contributed by atoms with Crippen LogP contribution in [0.5, 0.6) is 0 Å². The lowest BCUT2D eigenvalue weighted by atomic mass is 9.63. The molecular weight excluding hydrogens is 439 g/mol. The number of carbonyl (C=O) groups is 2. The average molecular weight is 461 g/mol. The molecular formula is C23H22F3N3O4. The second-order valence-corrected chi connectivity index (χ2v) is 9.45. The molecule has 5 rings (SSSR count). The first-order chi connectivity index (χ1) is 15.4. The summed E-state index contributed by atoms with van der Waals surface area (Å²) in [5.74, 6) is -1.63. The Morgan fingerprint density at radius 2 is 2.09 bits per heavy atom. The minimum atomic E-state index is -4.75. The van der Waals surface area contributed by atoms with Crippen molar-refractivity contribution < 1.29 is 32.2 Å². The summed E-state index contributed by atoms with van der Waals surface area (Å²) in [6.07, 6.45) is -3.17. The molecule has 1 spiro atoms. The second kappa shape index (κ2) is 6.81. The van der Waals surface area contributed by atoms with Crippen LogP contribution in [0, 0.1) is 23.2 Å². The number of likely N-dealkylation sites (N-methyl/N-ethyl adjacent to an activating group) is 1. The number of benzene rings is 1. The van der Waals surface area contributed by atoms with Crippen molar-refractivity contribution in [2.24, 2.45) is 11.8 Å². The van der Waals surface area contributed by atoms with Gasteiger partial charge in [-0.1, -0.05) is 0 Å². The number of nitrogens with zero attached hydrogens (tertiary/aromatic N) is 3. The van der Waals surface area contributed by atoms with Crippen molar-refractivity contribution in [3.63, 3.8) is 0 Å². The SMILES string of the molecule is CN(C)C(=O)C=C1C[C@@]2(C)O[C@@]13CCO[C@H]1[C@@H]3[C@@H]2C(=O)N1c1ccc(C#N)c(C(F)(F)F)c1. The van der Waals surface area contributed by atoms with Gasteiger partial charge in [-0.15, -0.1) is 0 Å². The molecule has 1 aromatic carbocycles. The number of hydrogen-bond donors (Lipinski definition) is 0. The van der Waals surface area contributed by atoms with Crippen molar-refractivity contribution in [2.45, 2.75) is 43.4 Å². The standard InChI is InChI=1S/C23H22F3N3O4/c1-21-10-13(8-16(30)28(2)3)22(33-21)6-7-32-20-18(22)17(21)19(31)29(20)14-5-4-12(11-27)15(9-14)23(24,25)26/h4-5,8-9,17-18,20H,6-7,10H2,1-3H3/t17-,18+,20+,21-,22+/m1/s1. The van der Waals surface area contributed by atoms with E-state index in [0.29, 0.717) is 12.8 Å². The van der Waals surface area contributed by atoms with Gasteiger partial charge in [-0.05, 0) is 30.7 Å². The number of halogens is 3. The largest absolute Gasteiger partial charge is 0.417 e. The van der Waals surface area contributed by atoms with E-state index in [4.69, 9.17) is 14.7 Å². The Bertz CT molecular complexity index is 1140. The van der Waals surface area contributed by atoms with Gasteiger partial charge in [-0.3, -0.25) is 14.5 Å². The summed E-state index contributed by atoms with van der Waals surface area (Å²) in [5.41, 5.74) is -2.55. The third-order valence-electron chi connectivity index (χ3n) is 7.33. The highest BCUT2D eigenvalue weighted by Crippen LogP contribution is 2.67. The molecule has 2 amide bonds. The van der Waals surface area contributed by atoms with Crippen LogP contribution in [-0.2, 0) is 25.2 Å². The number of rotatable bonds is 2. The molecule has 0 aliphatic carbocycles. The summed E-state index contributed by atoms with van der Waals surface area (Å²) in [4.78, 5) is 28.8. The average Bonchev–Trinajstić information content (AvgIpc) is 3.30. The highest BCUT2D eigenvalue weighted by molar-refractivity contribution is 6.00. The molecule has 1 aromatic rings. The normalized spacial score (nSPS) is 35.7. The fraction of sp³-hybridized carbons (Fsp3) is 0.522. The summed E-state index contributed by atoms with van der Waals surface area (Å²) in [5, 5.41) is 9.11. The van der Waals surface area contributed by atoms with E-state index in [2.05, 4.69) is 0 Å². The van der Waals surface area contributed by atoms with E-state index < -0.39 is 46.6 Å². The van der Waals surface area contributed by atoms with Crippen LogP contribution in [0.1, 0.15) is 30.9 Å². The fourth-order valence-electron chi connectivity index (χ4n) is 6.02. The van der Waals surface area contributed by atoms with Crippen LogP contribution in [-0.4, -0.2) is 54.8 Å². The molecule has 0 N–H and O–H groups in total. The van der Waals surface area contributed by atoms with Crippen LogP contribution in [0.15, 0.2) is 29.8 Å². The Morgan fingerprint density at radius 3 is 2.73 bits per heavy atom. The molecule has 0 saturated carbocycles. The minimum Gasteiger partial charge on any atom is -0.363 e. The van der Waals surface area contributed by atoms with Crippen LogP contribution in [0.25, 0.3) is 0 Å². The van der Waals surface area contributed by atoms with Crippen molar-refractivity contribution in [3.8, 4) is 6.07 Å². The number of alkyl halides is 3. The summed E-state index contributed by atoms with van der Waals surface area (Å²) < 4.78 is 53.1. The van der Waals surface area contributed by atoms with Gasteiger partial charge in [-0.2, -0.15) is 18.4 Å². The number of ether oxygens (including phenoxy) is 2. The molecule has 10 heteroatoms. The van der Waals surface area contributed by atoms with Crippen molar-refractivity contribution in [3.05, 3.63) is 41.0 Å². The van der Waals surface area contributed by atoms with Gasteiger partial charge in [0.05, 0.1) is 41.2 Å². The third kappa shape index (κ3) is 2.88. The highest BCUT2D eigenvalue weighted by atomic mass is 19.4. The molecule has 4 fully saturated rings. The molecule has 4 saturated heterocycles. The van der Waals surface area contributed by atoms with Crippen molar-refractivity contribution in [1.29, 1.82) is 5.26 Å². The van der Waals surface area contributed by atoms with Crippen molar-refractivity contribution in [1.82, 2.24) is 4.90 Å². The maximum atomic E-state index is 13.6. The number of nitriles is 1. The third-order valence-corrected chi connectivity index (χ3v) is 7.33. The van der Waals surface area contributed by atoms with E-state index in [1.807, 2.05) is 6.92 Å². The highest BCUT2D eigenvalue weighted by Gasteiger charge is 2.76. The molecule has 33 heavy (non-hydrogen) atoms. The first kappa shape index (κ1) is 21.9. The lowest BCUT2D eigenvalue weighted by Crippen LogP contribution is -2.52. The van der Waals surface area contributed by atoms with Crippen LogP contribution < -0.4 is 4.90 Å². The molecule has 4 aliphatic rings. The Balaban J connectivity index is 1.60. The second-order valence-electron chi connectivity index (χ2n) is 9.45. The molecule has 7 nitrogen and oxygen atoms in total. The summed E-state index contributed by atoms with van der Waals surface area (Å²) in [7, 11) is 3.29. The zero-order valence-electron chi connectivity index (χ0n) is 18.3. The van der Waals surface area contributed by atoms with Gasteiger partial charge in [0.25, 0.3) is 0 Å². The Morgan fingerprint density at radius 1 is 1.36 bits per heavy atom. The summed E-state index contributed by atoms with van der Waals surface area (Å²) in [6, 6.07) is 4.81. The van der Waals surface area contributed by atoms with Crippen molar-refractivity contribution >= 4 is 17.5 Å². The predicted molar refractivity (Wildman–Crippen MR) is 109 cm³/mol. The fourth-order valence-corrected chi connectivity index (χ4v) is 6.02. The lowest BCUT2D eigenvalue weighted by molar-refractivity contribution is -0.138. The first-order valence-electron chi connectivity index (χ1n) is 10.6. The summed E-state index contributed by atoms with van der Waals surface area (Å²) >= 11 is 0. The Hall–Kier alpha value is -2.90. The van der Waals surface area contributed by atoms with E-state index in [1.165, 1.54) is 15.9 Å². The first-order valence-corrected chi connectivity index (χ1v) is 10.6. The van der Waals surface area contributed by atoms with Crippen LogP contribution >= 0.6 is 0 Å². The van der Waals surface area contributed by atoms with Gasteiger partial charge in [-0.25, -0.2) is 0 Å². The zero-order valence-corrected chi connectivity index (χ0v) is 18.3.